The number of carbonyl (C=O) groups excluding carboxylic acids is 1. The summed E-state index contributed by atoms with van der Waals surface area (Å²) in [6.45, 7) is 6.06. The topological polar surface area (TPSA) is 56.7 Å². The summed E-state index contributed by atoms with van der Waals surface area (Å²) in [4.78, 5) is 18.7. The number of fused-ring (bicyclic) bond motifs is 1. The number of para-hydroxylation sites is 1. The van der Waals surface area contributed by atoms with E-state index in [9.17, 15) is 4.79 Å². The van der Waals surface area contributed by atoms with Crippen LogP contribution in [-0.2, 0) is 16.6 Å². The van der Waals surface area contributed by atoms with Crippen molar-refractivity contribution >= 4 is 17.6 Å². The number of benzene rings is 2. The number of carbonyl (C=O) groups is 1. The van der Waals surface area contributed by atoms with Gasteiger partial charge in [-0.1, -0.05) is 62.4 Å². The van der Waals surface area contributed by atoms with Crippen molar-refractivity contribution in [2.45, 2.75) is 25.7 Å². The van der Waals surface area contributed by atoms with Crippen LogP contribution in [0.25, 0.3) is 0 Å². The number of nitrogens with one attached hydrogen (secondary N) is 2. The third kappa shape index (κ3) is 4.48. The van der Waals surface area contributed by atoms with Crippen molar-refractivity contribution in [1.82, 2.24) is 10.6 Å². The Labute approximate surface area is 161 Å². The fourth-order valence-corrected chi connectivity index (χ4v) is 3.37. The van der Waals surface area contributed by atoms with Gasteiger partial charge in [-0.2, -0.15) is 0 Å². The molecule has 2 aromatic carbocycles. The Morgan fingerprint density at radius 2 is 1.78 bits per heavy atom. The van der Waals surface area contributed by atoms with E-state index in [2.05, 4.69) is 59.8 Å². The highest BCUT2D eigenvalue weighted by molar-refractivity contribution is 5.98. The minimum atomic E-state index is -0.0449. The molecule has 0 aromatic heterocycles. The van der Waals surface area contributed by atoms with Crippen molar-refractivity contribution in [2.75, 3.05) is 31.6 Å². The zero-order valence-corrected chi connectivity index (χ0v) is 16.3. The second-order valence-corrected chi connectivity index (χ2v) is 7.45. The van der Waals surface area contributed by atoms with E-state index in [-0.39, 0.29) is 17.9 Å². The van der Waals surface area contributed by atoms with Gasteiger partial charge in [0.05, 0.1) is 6.54 Å². The molecule has 0 bridgehead atoms. The van der Waals surface area contributed by atoms with Crippen molar-refractivity contribution in [3.63, 3.8) is 0 Å². The molecule has 2 aromatic rings. The average molecular weight is 364 g/mol. The van der Waals surface area contributed by atoms with E-state index in [4.69, 9.17) is 0 Å². The zero-order chi connectivity index (χ0) is 19.3. The minimum Gasteiger partial charge on any atom is -0.356 e. The first-order valence-corrected chi connectivity index (χ1v) is 9.39. The molecule has 0 aliphatic carbocycles. The summed E-state index contributed by atoms with van der Waals surface area (Å²) >= 11 is 0. The van der Waals surface area contributed by atoms with Crippen molar-refractivity contribution in [1.29, 1.82) is 0 Å². The lowest BCUT2D eigenvalue weighted by molar-refractivity contribution is -0.117. The van der Waals surface area contributed by atoms with E-state index >= 15 is 0 Å². The van der Waals surface area contributed by atoms with Crippen LogP contribution in [0.2, 0.25) is 0 Å². The van der Waals surface area contributed by atoms with Gasteiger partial charge in [0.1, 0.15) is 0 Å². The summed E-state index contributed by atoms with van der Waals surface area (Å²) in [6.07, 6.45) is 0.917. The predicted molar refractivity (Wildman–Crippen MR) is 111 cm³/mol. The van der Waals surface area contributed by atoms with Gasteiger partial charge in [-0.15, -0.1) is 0 Å². The molecule has 1 aliphatic rings. The number of hydrogen-bond donors (Lipinski definition) is 2. The molecule has 0 atom stereocenters. The lowest BCUT2D eigenvalue weighted by Gasteiger charge is -2.27. The van der Waals surface area contributed by atoms with Gasteiger partial charge in [-0.25, -0.2) is 0 Å². The van der Waals surface area contributed by atoms with E-state index in [0.717, 1.165) is 25.2 Å². The molecular formula is C22H28N4O. The molecular weight excluding hydrogens is 336 g/mol. The van der Waals surface area contributed by atoms with E-state index in [1.54, 1.807) is 7.05 Å². The number of amides is 1. The van der Waals surface area contributed by atoms with Gasteiger partial charge >= 0.3 is 0 Å². The summed E-state index contributed by atoms with van der Waals surface area (Å²) in [6, 6.07) is 18.5. The second-order valence-electron chi connectivity index (χ2n) is 7.45. The third-order valence-corrected chi connectivity index (χ3v) is 5.07. The predicted octanol–water partition coefficient (Wildman–Crippen LogP) is 2.72. The molecule has 0 saturated carbocycles. The highest BCUT2D eigenvalue weighted by Gasteiger charge is 2.24. The summed E-state index contributed by atoms with van der Waals surface area (Å²) in [5, 5.41) is 6.49. The molecule has 0 spiro atoms. The highest BCUT2D eigenvalue weighted by Crippen LogP contribution is 2.27. The first kappa shape index (κ1) is 19.0. The standard InChI is InChI=1S/C22H28N4O/c1-22(2,18-10-5-4-6-11-18)16-25-21(23-3)24-15-20(27)26-14-13-17-9-7-8-12-19(17)26/h4-12H,13-16H2,1-3H3,(H2,23,24,25). The van der Waals surface area contributed by atoms with Crippen LogP contribution >= 0.6 is 0 Å². The number of rotatable bonds is 5. The Balaban J connectivity index is 1.53. The van der Waals surface area contributed by atoms with Crippen LogP contribution in [-0.4, -0.2) is 38.5 Å². The molecule has 1 aliphatic heterocycles. The number of nitrogens with zero attached hydrogens (tertiary/aromatic N) is 2. The maximum atomic E-state index is 12.6. The van der Waals surface area contributed by atoms with Gasteiger partial charge in [0.2, 0.25) is 5.91 Å². The molecule has 0 fully saturated rings. The quantitative estimate of drug-likeness (QED) is 0.634. The number of anilines is 1. The average Bonchev–Trinajstić information content (AvgIpc) is 3.13. The van der Waals surface area contributed by atoms with Crippen LogP contribution in [0, 0.1) is 0 Å². The summed E-state index contributed by atoms with van der Waals surface area (Å²) in [5.74, 6) is 0.699. The normalized spacial score (nSPS) is 14.0. The van der Waals surface area contributed by atoms with Gasteiger partial charge in [-0.3, -0.25) is 9.79 Å². The first-order chi connectivity index (χ1) is 13.0. The molecule has 3 rings (SSSR count). The molecule has 0 unspecified atom stereocenters. The van der Waals surface area contributed by atoms with E-state index < -0.39 is 0 Å². The van der Waals surface area contributed by atoms with Gasteiger partial charge in [-0.05, 0) is 23.6 Å². The SMILES string of the molecule is CN=C(NCC(=O)N1CCc2ccccc21)NCC(C)(C)c1ccccc1. The van der Waals surface area contributed by atoms with Crippen molar-refractivity contribution in [2.24, 2.45) is 4.99 Å². The van der Waals surface area contributed by atoms with Crippen LogP contribution in [0.3, 0.4) is 0 Å². The van der Waals surface area contributed by atoms with Crippen LogP contribution in [0.4, 0.5) is 5.69 Å². The Morgan fingerprint density at radius 1 is 1.07 bits per heavy atom. The third-order valence-electron chi connectivity index (χ3n) is 5.07. The van der Waals surface area contributed by atoms with E-state index in [1.807, 2.05) is 29.2 Å². The maximum Gasteiger partial charge on any atom is 0.246 e. The molecule has 1 amide bonds. The molecule has 0 radical (unpaired) electrons. The van der Waals surface area contributed by atoms with Gasteiger partial charge in [0.15, 0.2) is 5.96 Å². The molecule has 2 N–H and O–H groups in total. The first-order valence-electron chi connectivity index (χ1n) is 9.39. The lowest BCUT2D eigenvalue weighted by Crippen LogP contribution is -2.47. The molecule has 5 heteroatoms. The maximum absolute atomic E-state index is 12.6. The monoisotopic (exact) mass is 364 g/mol. The van der Waals surface area contributed by atoms with Crippen LogP contribution < -0.4 is 15.5 Å². The van der Waals surface area contributed by atoms with Gasteiger partial charge in [0, 0.05) is 31.2 Å². The zero-order valence-electron chi connectivity index (χ0n) is 16.3. The van der Waals surface area contributed by atoms with Crippen molar-refractivity contribution in [3.8, 4) is 0 Å². The van der Waals surface area contributed by atoms with Gasteiger partial charge < -0.3 is 15.5 Å². The number of hydrogen-bond acceptors (Lipinski definition) is 2. The van der Waals surface area contributed by atoms with Gasteiger partial charge in [0.25, 0.3) is 0 Å². The largest absolute Gasteiger partial charge is 0.356 e. The Bertz CT molecular complexity index is 814. The number of aliphatic imine (C=N–C) groups is 1. The van der Waals surface area contributed by atoms with Crippen LogP contribution in [0.5, 0.6) is 0 Å². The van der Waals surface area contributed by atoms with Crippen molar-refractivity contribution < 1.29 is 4.79 Å². The fraction of sp³-hybridized carbons (Fsp3) is 0.364. The lowest BCUT2D eigenvalue weighted by atomic mass is 9.85. The summed E-state index contributed by atoms with van der Waals surface area (Å²) in [7, 11) is 1.72. The fourth-order valence-electron chi connectivity index (χ4n) is 3.37. The van der Waals surface area contributed by atoms with Crippen molar-refractivity contribution in [3.05, 3.63) is 65.7 Å². The highest BCUT2D eigenvalue weighted by atomic mass is 16.2. The molecule has 5 nitrogen and oxygen atoms in total. The molecule has 0 saturated heterocycles. The smallest absolute Gasteiger partial charge is 0.246 e. The summed E-state index contributed by atoms with van der Waals surface area (Å²) in [5.41, 5.74) is 3.48. The van der Waals surface area contributed by atoms with Crippen LogP contribution in [0.1, 0.15) is 25.0 Å². The Kier molecular flexibility index (Phi) is 5.79. The second kappa shape index (κ2) is 8.25. The van der Waals surface area contributed by atoms with Crippen LogP contribution in [0.15, 0.2) is 59.6 Å². The molecule has 142 valence electrons. The Morgan fingerprint density at radius 3 is 2.52 bits per heavy atom. The Hall–Kier alpha value is -2.82. The number of guanidine groups is 1. The van der Waals surface area contributed by atoms with E-state index in [0.29, 0.717) is 5.96 Å². The molecule has 27 heavy (non-hydrogen) atoms. The molecule has 1 heterocycles. The van der Waals surface area contributed by atoms with E-state index in [1.165, 1.54) is 11.1 Å². The minimum absolute atomic E-state index is 0.0449. The summed E-state index contributed by atoms with van der Waals surface area (Å²) < 4.78 is 0.